The molecule has 1 aliphatic heterocycles. The number of halogens is 1. The van der Waals surface area contributed by atoms with E-state index >= 15 is 0 Å². The van der Waals surface area contributed by atoms with Gasteiger partial charge in [-0.15, -0.1) is 11.3 Å². The number of likely N-dealkylation sites (N-methyl/N-ethyl adjacent to an activating group) is 1. The number of nitrogens with zero attached hydrogens (tertiary/aromatic N) is 3. The van der Waals surface area contributed by atoms with Crippen LogP contribution in [0.2, 0.25) is 0 Å². The molecule has 11 heteroatoms. The molecule has 2 heterocycles. The molecule has 1 saturated carbocycles. The first-order valence-corrected chi connectivity index (χ1v) is 15.6. The Kier molecular flexibility index (Phi) is 10.0. The molecule has 1 N–H and O–H groups in total. The lowest BCUT2D eigenvalue weighted by atomic mass is 9.83. The molecule has 0 bridgehead atoms. The van der Waals surface area contributed by atoms with E-state index in [1.54, 1.807) is 38.0 Å². The average molecular weight is 601 g/mol. The largest absolute Gasteiger partial charge is 0.444 e. The molecule has 228 valence electrons. The number of carbonyl (C=O) groups excluding carboxylic acids is 4. The number of thiazole rings is 1. The van der Waals surface area contributed by atoms with Crippen molar-refractivity contribution in [3.05, 3.63) is 51.7 Å². The summed E-state index contributed by atoms with van der Waals surface area (Å²) >= 11 is 1.33. The molecule has 2 fully saturated rings. The van der Waals surface area contributed by atoms with E-state index in [1.165, 1.54) is 47.5 Å². The summed E-state index contributed by atoms with van der Waals surface area (Å²) < 4.78 is 18.7. The SMILES string of the molecule is C[C@@H](C(=O)N[C@H](C(=O)N1CCC[C@H]1c1nc(C(=O)c2ccc(F)cc2)cs1)C1CCCCC1)N(C)C(=O)OC(C)(C)C. The summed E-state index contributed by atoms with van der Waals surface area (Å²) in [6.45, 7) is 7.43. The van der Waals surface area contributed by atoms with E-state index in [9.17, 15) is 23.6 Å². The zero-order valence-electron chi connectivity index (χ0n) is 25.0. The van der Waals surface area contributed by atoms with Crippen molar-refractivity contribution in [1.29, 1.82) is 0 Å². The number of ether oxygens (including phenoxy) is 1. The van der Waals surface area contributed by atoms with Crippen LogP contribution in [0.1, 0.15) is 99.7 Å². The molecule has 0 spiro atoms. The van der Waals surface area contributed by atoms with Crippen molar-refractivity contribution in [1.82, 2.24) is 20.1 Å². The minimum Gasteiger partial charge on any atom is -0.444 e. The van der Waals surface area contributed by atoms with Gasteiger partial charge in [0, 0.05) is 24.5 Å². The molecule has 1 aromatic carbocycles. The lowest BCUT2D eigenvalue weighted by molar-refractivity contribution is -0.140. The van der Waals surface area contributed by atoms with Gasteiger partial charge in [0.1, 0.15) is 34.2 Å². The van der Waals surface area contributed by atoms with Crippen LogP contribution in [0.25, 0.3) is 0 Å². The number of carbonyl (C=O) groups is 4. The number of ketones is 1. The average Bonchev–Trinajstić information content (AvgIpc) is 3.64. The first kappa shape index (κ1) is 31.6. The van der Waals surface area contributed by atoms with Crippen molar-refractivity contribution >= 4 is 35.0 Å². The fraction of sp³-hybridized carbons (Fsp3) is 0.581. The smallest absolute Gasteiger partial charge is 0.410 e. The number of hydrogen-bond acceptors (Lipinski definition) is 7. The first-order valence-electron chi connectivity index (χ1n) is 14.7. The highest BCUT2D eigenvalue weighted by Gasteiger charge is 2.41. The maximum Gasteiger partial charge on any atom is 0.410 e. The Bertz CT molecular complexity index is 1280. The second-order valence-corrected chi connectivity index (χ2v) is 13.1. The second kappa shape index (κ2) is 13.3. The minimum absolute atomic E-state index is 0.0117. The van der Waals surface area contributed by atoms with Crippen molar-refractivity contribution in [2.75, 3.05) is 13.6 Å². The third-order valence-corrected chi connectivity index (χ3v) is 8.95. The Balaban J connectivity index is 1.51. The van der Waals surface area contributed by atoms with E-state index in [0.29, 0.717) is 23.5 Å². The number of benzene rings is 1. The zero-order chi connectivity index (χ0) is 30.6. The Morgan fingerprint density at radius 1 is 1.07 bits per heavy atom. The monoisotopic (exact) mass is 600 g/mol. The quantitative estimate of drug-likeness (QED) is 0.401. The van der Waals surface area contributed by atoms with Crippen LogP contribution in [-0.2, 0) is 14.3 Å². The molecule has 2 aromatic rings. The molecule has 3 amide bonds. The Morgan fingerprint density at radius 2 is 1.74 bits per heavy atom. The van der Waals surface area contributed by atoms with E-state index in [4.69, 9.17) is 4.74 Å². The summed E-state index contributed by atoms with van der Waals surface area (Å²) in [4.78, 5) is 60.7. The molecule has 4 rings (SSSR count). The van der Waals surface area contributed by atoms with Crippen molar-refractivity contribution in [2.24, 2.45) is 5.92 Å². The standard InChI is InChI=1S/C31H41FN4O5S/c1-19(35(5)30(40)41-31(2,3)4)27(38)34-25(20-10-7-6-8-11-20)29(39)36-17-9-12-24(36)28-33-23(18-42-28)26(37)21-13-15-22(32)16-14-21/h13-16,18-20,24-25H,6-12,17H2,1-5H3,(H,34,38)/t19-,24-,25-/m0/s1. The highest BCUT2D eigenvalue weighted by Crippen LogP contribution is 2.36. The molecule has 1 aliphatic carbocycles. The predicted molar refractivity (Wildman–Crippen MR) is 158 cm³/mol. The molecule has 0 unspecified atom stereocenters. The van der Waals surface area contributed by atoms with E-state index < -0.39 is 35.5 Å². The summed E-state index contributed by atoms with van der Waals surface area (Å²) in [6.07, 6.45) is 5.61. The van der Waals surface area contributed by atoms with Gasteiger partial charge in [0.25, 0.3) is 0 Å². The van der Waals surface area contributed by atoms with Gasteiger partial charge in [0.15, 0.2) is 0 Å². The summed E-state index contributed by atoms with van der Waals surface area (Å²) in [5.74, 6) is -1.31. The van der Waals surface area contributed by atoms with E-state index in [1.807, 2.05) is 0 Å². The second-order valence-electron chi connectivity index (χ2n) is 12.2. The molecular weight excluding hydrogens is 559 g/mol. The summed E-state index contributed by atoms with van der Waals surface area (Å²) in [5, 5.41) is 5.34. The van der Waals surface area contributed by atoms with Gasteiger partial charge >= 0.3 is 6.09 Å². The first-order chi connectivity index (χ1) is 19.9. The van der Waals surface area contributed by atoms with Gasteiger partial charge in [-0.05, 0) is 83.6 Å². The summed E-state index contributed by atoms with van der Waals surface area (Å²) in [6, 6.07) is 3.47. The topological polar surface area (TPSA) is 109 Å². The number of hydrogen-bond donors (Lipinski definition) is 1. The highest BCUT2D eigenvalue weighted by atomic mass is 32.1. The number of likely N-dealkylation sites (tertiary alicyclic amines) is 1. The Hall–Kier alpha value is -3.34. The van der Waals surface area contributed by atoms with E-state index in [2.05, 4.69) is 10.3 Å². The molecular formula is C31H41FN4O5S. The highest BCUT2D eigenvalue weighted by molar-refractivity contribution is 7.10. The van der Waals surface area contributed by atoms with Gasteiger partial charge in [0.2, 0.25) is 17.6 Å². The lowest BCUT2D eigenvalue weighted by Gasteiger charge is -2.36. The van der Waals surface area contributed by atoms with Crippen LogP contribution in [0.4, 0.5) is 9.18 Å². The lowest BCUT2D eigenvalue weighted by Crippen LogP contribution is -2.56. The maximum absolute atomic E-state index is 14.2. The number of amides is 3. The van der Waals surface area contributed by atoms with Crippen LogP contribution in [0.15, 0.2) is 29.6 Å². The maximum atomic E-state index is 14.2. The molecule has 42 heavy (non-hydrogen) atoms. The van der Waals surface area contributed by atoms with Gasteiger partial charge in [-0.1, -0.05) is 19.3 Å². The fourth-order valence-electron chi connectivity index (χ4n) is 5.55. The van der Waals surface area contributed by atoms with Crippen molar-refractivity contribution < 1.29 is 28.3 Å². The number of aromatic nitrogens is 1. The van der Waals surface area contributed by atoms with Gasteiger partial charge < -0.3 is 15.0 Å². The van der Waals surface area contributed by atoms with Crippen molar-refractivity contribution in [3.8, 4) is 0 Å². The Morgan fingerprint density at radius 3 is 2.38 bits per heavy atom. The number of nitrogens with one attached hydrogen (secondary N) is 1. The molecule has 2 aliphatic rings. The van der Waals surface area contributed by atoms with Gasteiger partial charge in [0.05, 0.1) is 6.04 Å². The van der Waals surface area contributed by atoms with Crippen LogP contribution in [0.5, 0.6) is 0 Å². The molecule has 1 saturated heterocycles. The fourth-order valence-corrected chi connectivity index (χ4v) is 6.50. The van der Waals surface area contributed by atoms with Crippen LogP contribution < -0.4 is 5.32 Å². The van der Waals surface area contributed by atoms with Gasteiger partial charge in [-0.25, -0.2) is 14.2 Å². The van der Waals surface area contributed by atoms with E-state index in [-0.39, 0.29) is 29.3 Å². The normalized spacial score (nSPS) is 19.2. The van der Waals surface area contributed by atoms with Crippen molar-refractivity contribution in [2.45, 2.75) is 96.4 Å². The molecule has 1 aromatic heterocycles. The predicted octanol–water partition coefficient (Wildman–Crippen LogP) is 5.50. The zero-order valence-corrected chi connectivity index (χ0v) is 25.8. The molecule has 9 nitrogen and oxygen atoms in total. The van der Waals surface area contributed by atoms with E-state index in [0.717, 1.165) is 38.5 Å². The van der Waals surface area contributed by atoms with Gasteiger partial charge in [-0.2, -0.15) is 0 Å². The van der Waals surface area contributed by atoms with Crippen LogP contribution in [0, 0.1) is 11.7 Å². The molecule has 0 radical (unpaired) electrons. The van der Waals surface area contributed by atoms with Crippen LogP contribution >= 0.6 is 11.3 Å². The summed E-state index contributed by atoms with van der Waals surface area (Å²) in [7, 11) is 1.51. The number of rotatable bonds is 8. The van der Waals surface area contributed by atoms with Gasteiger partial charge in [-0.3, -0.25) is 19.3 Å². The summed E-state index contributed by atoms with van der Waals surface area (Å²) in [5.41, 5.74) is -0.0955. The third-order valence-electron chi connectivity index (χ3n) is 8.01. The third kappa shape index (κ3) is 7.53. The van der Waals surface area contributed by atoms with Crippen LogP contribution in [-0.4, -0.2) is 69.8 Å². The Labute approximate surface area is 250 Å². The minimum atomic E-state index is -0.841. The van der Waals surface area contributed by atoms with Crippen molar-refractivity contribution in [3.63, 3.8) is 0 Å². The molecule has 3 atom stereocenters. The van der Waals surface area contributed by atoms with Crippen LogP contribution in [0.3, 0.4) is 0 Å².